The minimum Gasteiger partial charge on any atom is -0.455 e. The molecular weight excluding hydrogens is 1310 g/mol. The van der Waals surface area contributed by atoms with Gasteiger partial charge in [0.25, 0.3) is 0 Å². The first kappa shape index (κ1) is 50.2. The predicted molar refractivity (Wildman–Crippen MR) is 313 cm³/mol. The van der Waals surface area contributed by atoms with E-state index < -0.39 is 0 Å². The van der Waals surface area contributed by atoms with E-state index in [9.17, 15) is 0 Å². The summed E-state index contributed by atoms with van der Waals surface area (Å²) >= 11 is 0. The summed E-state index contributed by atoms with van der Waals surface area (Å²) in [5, 5.41) is 4.41. The first-order chi connectivity index (χ1) is 37.5. The van der Waals surface area contributed by atoms with Crippen molar-refractivity contribution >= 4 is 43.9 Å². The van der Waals surface area contributed by atoms with E-state index in [4.69, 9.17) is 18.8 Å². The van der Waals surface area contributed by atoms with Gasteiger partial charge < -0.3 is 18.8 Å². The van der Waals surface area contributed by atoms with Crippen LogP contribution in [0.15, 0.2) is 252 Å². The van der Waals surface area contributed by atoms with Crippen LogP contribution in [-0.4, -0.2) is 9.97 Å². The van der Waals surface area contributed by atoms with Crippen LogP contribution in [0.25, 0.3) is 144 Å². The van der Waals surface area contributed by atoms with Crippen LogP contribution in [0.1, 0.15) is 11.1 Å². The molecule has 0 atom stereocenters. The number of furan rings is 2. The summed E-state index contributed by atoms with van der Waals surface area (Å²) in [6.45, 7) is 4.37. The van der Waals surface area contributed by atoms with Gasteiger partial charge in [-0.1, -0.05) is 214 Å². The van der Waals surface area contributed by atoms with Gasteiger partial charge in [-0.2, -0.15) is 0 Å². The Morgan fingerprint density at radius 1 is 0.321 bits per heavy atom. The average Bonchev–Trinajstić information content (AvgIpc) is 4.21. The number of aryl methyl sites for hydroxylation is 2. The first-order valence-corrected chi connectivity index (χ1v) is 25.7. The van der Waals surface area contributed by atoms with E-state index in [1.54, 1.807) is 0 Å². The number of hydrogen-bond donors (Lipinski definition) is 0. The fourth-order valence-electron chi connectivity index (χ4n) is 11.3. The van der Waals surface area contributed by atoms with Gasteiger partial charge in [0.1, 0.15) is 22.3 Å². The molecule has 0 amide bonds. The fraction of sp³-hybridized carbons (Fsp3) is 0.0278. The van der Waals surface area contributed by atoms with Gasteiger partial charge in [-0.3, -0.25) is 0 Å². The number of fused-ring (bicyclic) bond motifs is 6. The molecule has 2 radical (unpaired) electrons. The summed E-state index contributed by atoms with van der Waals surface area (Å²) in [7, 11) is 0. The van der Waals surface area contributed by atoms with Crippen molar-refractivity contribution in [1.29, 1.82) is 0 Å². The Kier molecular flexibility index (Phi) is 13.6. The Labute approximate surface area is 479 Å². The largest absolute Gasteiger partial charge is 0.455 e. The molecule has 4 heterocycles. The summed E-state index contributed by atoms with van der Waals surface area (Å²) in [5.74, 6) is 0. The number of benzene rings is 10. The molecule has 0 N–H and O–H groups in total. The van der Waals surface area contributed by atoms with E-state index in [0.717, 1.165) is 144 Å². The third-order valence-corrected chi connectivity index (χ3v) is 14.7. The van der Waals surface area contributed by atoms with Crippen molar-refractivity contribution in [3.8, 4) is 100 Å². The van der Waals surface area contributed by atoms with Gasteiger partial charge in [0.2, 0.25) is 0 Å². The second-order valence-corrected chi connectivity index (χ2v) is 19.6. The number of pyridine rings is 2. The number of para-hydroxylation sites is 4. The molecule has 78 heavy (non-hydrogen) atoms. The van der Waals surface area contributed by atoms with Crippen LogP contribution < -0.4 is 0 Å². The maximum atomic E-state index is 6.60. The van der Waals surface area contributed by atoms with Crippen molar-refractivity contribution in [2.24, 2.45) is 0 Å². The second-order valence-electron chi connectivity index (χ2n) is 19.6. The van der Waals surface area contributed by atoms with E-state index >= 15 is 0 Å². The number of rotatable bonds is 9. The standard InChI is InChI=1S/C72H46N2O2.2Ir/c1-45-38-46(2)40-53(39-45)70-60(56-34-32-51(66-28-7-9-36-73-66)43-64(56)49-18-11-16-47(41-49)54-22-13-26-62-58-20-3-5-30-68(58)75-71(54)62)24-15-25-61(70)57-35-33-52(67-29-8-10-37-74-67)44-65(57)50-19-12-17-48(42-50)55-23-14-27-63-59-21-4-6-31-69(59)76-72(55)63;;/h3-31,34-44H,1-2H3;;/q-2;;. The van der Waals surface area contributed by atoms with Crippen LogP contribution in [0.2, 0.25) is 0 Å². The quantitative estimate of drug-likeness (QED) is 0.135. The Morgan fingerprint density at radius 2 is 0.718 bits per heavy atom. The van der Waals surface area contributed by atoms with E-state index in [0.29, 0.717) is 0 Å². The van der Waals surface area contributed by atoms with Crippen LogP contribution in [0.5, 0.6) is 0 Å². The fourth-order valence-corrected chi connectivity index (χ4v) is 11.3. The monoisotopic (exact) mass is 1360 g/mol. The van der Waals surface area contributed by atoms with E-state index in [-0.39, 0.29) is 40.2 Å². The van der Waals surface area contributed by atoms with Gasteiger partial charge >= 0.3 is 0 Å². The molecule has 0 fully saturated rings. The van der Waals surface area contributed by atoms with Gasteiger partial charge in [-0.15, -0.1) is 47.5 Å². The zero-order valence-corrected chi connectivity index (χ0v) is 47.3. The number of aromatic nitrogens is 2. The molecule has 10 aromatic carbocycles. The molecule has 0 aliphatic rings. The SMILES string of the molecule is Cc1cc(C)cc(-c2c(-c3c[c-]c(-c4ccccn4)cc3-c3cccc(-c4cccc5c4oc4ccccc45)c3)cccc2-c2c[c-]c(-c3ccccn3)cc2-c2cccc(-c3cccc4c3oc3ccccc34)c2)c1.[Ir].[Ir]. The van der Waals surface area contributed by atoms with E-state index in [1.807, 2.05) is 73.1 Å². The molecule has 4 aromatic heterocycles. The Morgan fingerprint density at radius 3 is 1.18 bits per heavy atom. The third-order valence-electron chi connectivity index (χ3n) is 14.7. The van der Waals surface area contributed by atoms with Crippen LogP contribution in [-0.2, 0) is 40.2 Å². The second kappa shape index (κ2) is 21.1. The molecule has 376 valence electrons. The van der Waals surface area contributed by atoms with Crippen molar-refractivity contribution in [3.05, 3.63) is 266 Å². The first-order valence-electron chi connectivity index (χ1n) is 25.7. The van der Waals surface area contributed by atoms with Crippen molar-refractivity contribution in [1.82, 2.24) is 9.97 Å². The summed E-state index contributed by atoms with van der Waals surface area (Å²) in [5.41, 5.74) is 24.4. The number of nitrogens with zero attached hydrogens (tertiary/aromatic N) is 2. The maximum Gasteiger partial charge on any atom is 0.143 e. The molecule has 4 nitrogen and oxygen atoms in total. The normalized spacial score (nSPS) is 11.3. The van der Waals surface area contributed by atoms with Gasteiger partial charge in [0.05, 0.1) is 0 Å². The van der Waals surface area contributed by atoms with Gasteiger partial charge in [0.15, 0.2) is 0 Å². The molecular formula is C72H46Ir2N2O2-2. The Hall–Kier alpha value is -8.60. The Bertz CT molecular complexity index is 4280. The molecule has 0 saturated carbocycles. The summed E-state index contributed by atoms with van der Waals surface area (Å²) in [6, 6.07) is 89.0. The van der Waals surface area contributed by atoms with Gasteiger partial charge in [-0.25, -0.2) is 0 Å². The van der Waals surface area contributed by atoms with Crippen molar-refractivity contribution < 1.29 is 49.0 Å². The molecule has 0 unspecified atom stereocenters. The van der Waals surface area contributed by atoms with Crippen LogP contribution in [0.4, 0.5) is 0 Å². The predicted octanol–water partition coefficient (Wildman–Crippen LogP) is 19.5. The molecule has 0 bridgehead atoms. The van der Waals surface area contributed by atoms with E-state index in [2.05, 4.69) is 196 Å². The summed E-state index contributed by atoms with van der Waals surface area (Å²) < 4.78 is 13.2. The smallest absolute Gasteiger partial charge is 0.143 e. The van der Waals surface area contributed by atoms with Crippen molar-refractivity contribution in [2.45, 2.75) is 13.8 Å². The van der Waals surface area contributed by atoms with Gasteiger partial charge in [0, 0.05) is 85.3 Å². The minimum absolute atomic E-state index is 0. The van der Waals surface area contributed by atoms with Crippen LogP contribution in [0.3, 0.4) is 0 Å². The van der Waals surface area contributed by atoms with Crippen molar-refractivity contribution in [2.75, 3.05) is 0 Å². The van der Waals surface area contributed by atoms with Crippen LogP contribution in [0, 0.1) is 26.0 Å². The number of hydrogen-bond acceptors (Lipinski definition) is 4. The Balaban J connectivity index is 0.00000305. The molecule has 14 rings (SSSR count). The summed E-state index contributed by atoms with van der Waals surface area (Å²) in [4.78, 5) is 9.61. The van der Waals surface area contributed by atoms with Gasteiger partial charge in [-0.05, 0) is 95.0 Å². The molecule has 0 saturated heterocycles. The maximum absolute atomic E-state index is 6.60. The van der Waals surface area contributed by atoms with Crippen molar-refractivity contribution in [3.63, 3.8) is 0 Å². The molecule has 6 heteroatoms. The zero-order valence-electron chi connectivity index (χ0n) is 42.5. The summed E-state index contributed by atoms with van der Waals surface area (Å²) in [6.07, 6.45) is 3.69. The topological polar surface area (TPSA) is 52.1 Å². The molecule has 0 aliphatic heterocycles. The zero-order chi connectivity index (χ0) is 50.7. The van der Waals surface area contributed by atoms with E-state index in [1.165, 1.54) is 11.1 Å². The third kappa shape index (κ3) is 9.03. The minimum atomic E-state index is 0. The molecule has 14 aromatic rings. The average molecular weight is 1360 g/mol. The van der Waals surface area contributed by atoms with Crippen LogP contribution >= 0.6 is 0 Å². The molecule has 0 aliphatic carbocycles. The molecule has 0 spiro atoms.